The van der Waals surface area contributed by atoms with Gasteiger partial charge in [-0.25, -0.2) is 4.39 Å². The molecule has 1 unspecified atom stereocenters. The van der Waals surface area contributed by atoms with Gasteiger partial charge >= 0.3 is 0 Å². The molecular weight excluding hydrogens is 293 g/mol. The first kappa shape index (κ1) is 13.2. The Morgan fingerprint density at radius 3 is 2.39 bits per heavy atom. The summed E-state index contributed by atoms with van der Waals surface area (Å²) in [5.41, 5.74) is 2.87. The van der Waals surface area contributed by atoms with Crippen LogP contribution in [-0.2, 0) is 0 Å². The maximum Gasteiger partial charge on any atom is 0.128 e. The maximum atomic E-state index is 13.9. The third-order valence-corrected chi connectivity index (χ3v) is 3.98. The van der Waals surface area contributed by atoms with E-state index in [1.807, 2.05) is 44.3 Å². The van der Waals surface area contributed by atoms with Crippen LogP contribution in [0.3, 0.4) is 0 Å². The summed E-state index contributed by atoms with van der Waals surface area (Å²) < 4.78 is 14.9. The van der Waals surface area contributed by atoms with Gasteiger partial charge in [-0.2, -0.15) is 0 Å². The topological polar surface area (TPSA) is 12.0 Å². The third-order valence-electron chi connectivity index (χ3n) is 3.13. The van der Waals surface area contributed by atoms with Crippen molar-refractivity contribution in [2.24, 2.45) is 0 Å². The van der Waals surface area contributed by atoms with E-state index in [-0.39, 0.29) is 11.9 Å². The van der Waals surface area contributed by atoms with Gasteiger partial charge in [0.05, 0.1) is 6.04 Å². The molecule has 0 saturated heterocycles. The molecule has 0 amide bonds. The highest BCUT2D eigenvalue weighted by Crippen LogP contribution is 2.29. The summed E-state index contributed by atoms with van der Waals surface area (Å²) in [5.74, 6) is -0.184. The van der Waals surface area contributed by atoms with Gasteiger partial charge in [0.15, 0.2) is 0 Å². The van der Waals surface area contributed by atoms with Crippen LogP contribution in [-0.4, -0.2) is 7.05 Å². The Morgan fingerprint density at radius 1 is 1.06 bits per heavy atom. The van der Waals surface area contributed by atoms with Crippen molar-refractivity contribution in [3.8, 4) is 0 Å². The van der Waals surface area contributed by atoms with Crippen LogP contribution >= 0.6 is 15.9 Å². The smallest absolute Gasteiger partial charge is 0.128 e. The van der Waals surface area contributed by atoms with Gasteiger partial charge in [-0.05, 0) is 37.2 Å². The van der Waals surface area contributed by atoms with Gasteiger partial charge in [0, 0.05) is 10.0 Å². The average molecular weight is 308 g/mol. The van der Waals surface area contributed by atoms with Gasteiger partial charge in [0.1, 0.15) is 5.82 Å². The average Bonchev–Trinajstić information content (AvgIpc) is 2.37. The highest BCUT2D eigenvalue weighted by molar-refractivity contribution is 9.10. The summed E-state index contributed by atoms with van der Waals surface area (Å²) in [7, 11) is 1.84. The zero-order chi connectivity index (χ0) is 13.1. The molecule has 0 aliphatic heterocycles. The van der Waals surface area contributed by atoms with E-state index in [1.165, 1.54) is 6.07 Å². The first-order valence-electron chi connectivity index (χ1n) is 5.82. The fourth-order valence-electron chi connectivity index (χ4n) is 2.12. The van der Waals surface area contributed by atoms with Crippen LogP contribution in [0.15, 0.2) is 46.9 Å². The number of nitrogens with one attached hydrogen (secondary N) is 1. The van der Waals surface area contributed by atoms with Crippen LogP contribution in [0.25, 0.3) is 0 Å². The van der Waals surface area contributed by atoms with Crippen molar-refractivity contribution in [2.75, 3.05) is 7.05 Å². The summed E-state index contributed by atoms with van der Waals surface area (Å²) in [6, 6.07) is 12.7. The van der Waals surface area contributed by atoms with Crippen LogP contribution in [0.4, 0.5) is 4.39 Å². The van der Waals surface area contributed by atoms with E-state index in [2.05, 4.69) is 21.2 Å². The fraction of sp³-hybridized carbons (Fsp3) is 0.200. The van der Waals surface area contributed by atoms with Crippen LogP contribution in [0.1, 0.15) is 22.7 Å². The van der Waals surface area contributed by atoms with Crippen LogP contribution in [0, 0.1) is 12.7 Å². The zero-order valence-electron chi connectivity index (χ0n) is 10.4. The molecule has 3 heteroatoms. The molecule has 2 aromatic carbocycles. The summed E-state index contributed by atoms with van der Waals surface area (Å²) >= 11 is 3.51. The molecule has 0 spiro atoms. The molecule has 2 aromatic rings. The Hall–Kier alpha value is -1.19. The van der Waals surface area contributed by atoms with Crippen LogP contribution in [0.5, 0.6) is 0 Å². The van der Waals surface area contributed by atoms with Crippen molar-refractivity contribution in [1.29, 1.82) is 0 Å². The van der Waals surface area contributed by atoms with E-state index in [9.17, 15) is 4.39 Å². The lowest BCUT2D eigenvalue weighted by atomic mass is 9.95. The Labute approximate surface area is 115 Å². The molecule has 94 valence electrons. The second kappa shape index (κ2) is 5.63. The molecule has 0 radical (unpaired) electrons. The first-order chi connectivity index (χ1) is 8.65. The number of hydrogen-bond acceptors (Lipinski definition) is 1. The standard InChI is InChI=1S/C15H15BrFN/c1-10-11(7-5-8-13(10)16)15(18-2)12-6-3-4-9-14(12)17/h3-9,15,18H,1-2H3. The molecule has 1 N–H and O–H groups in total. The molecule has 0 saturated carbocycles. The van der Waals surface area contributed by atoms with Gasteiger partial charge in [0.2, 0.25) is 0 Å². The number of hydrogen-bond donors (Lipinski definition) is 1. The summed E-state index contributed by atoms with van der Waals surface area (Å²) in [6.45, 7) is 2.03. The SMILES string of the molecule is CNC(c1ccccc1F)c1cccc(Br)c1C. The minimum atomic E-state index is -0.184. The van der Waals surface area contributed by atoms with E-state index in [0.29, 0.717) is 5.56 Å². The fourth-order valence-corrected chi connectivity index (χ4v) is 2.51. The van der Waals surface area contributed by atoms with E-state index in [4.69, 9.17) is 0 Å². The van der Waals surface area contributed by atoms with Gasteiger partial charge in [-0.1, -0.05) is 46.3 Å². The molecule has 1 atom stereocenters. The van der Waals surface area contributed by atoms with Crippen molar-refractivity contribution in [3.05, 3.63) is 69.4 Å². The molecule has 0 fully saturated rings. The highest BCUT2D eigenvalue weighted by atomic mass is 79.9. The Bertz CT molecular complexity index is 554. The van der Waals surface area contributed by atoms with E-state index < -0.39 is 0 Å². The van der Waals surface area contributed by atoms with Crippen molar-refractivity contribution < 1.29 is 4.39 Å². The maximum absolute atomic E-state index is 13.9. The second-order valence-electron chi connectivity index (χ2n) is 4.20. The van der Waals surface area contributed by atoms with E-state index in [1.54, 1.807) is 6.07 Å². The summed E-state index contributed by atoms with van der Waals surface area (Å²) in [4.78, 5) is 0. The largest absolute Gasteiger partial charge is 0.309 e. The highest BCUT2D eigenvalue weighted by Gasteiger charge is 2.18. The van der Waals surface area contributed by atoms with Crippen LogP contribution < -0.4 is 5.32 Å². The number of rotatable bonds is 3. The Kier molecular flexibility index (Phi) is 4.15. The second-order valence-corrected chi connectivity index (χ2v) is 5.05. The Balaban J connectivity index is 2.53. The molecule has 0 bridgehead atoms. The van der Waals surface area contributed by atoms with Crippen molar-refractivity contribution in [1.82, 2.24) is 5.32 Å². The lowest BCUT2D eigenvalue weighted by Crippen LogP contribution is -2.20. The van der Waals surface area contributed by atoms with Crippen molar-refractivity contribution in [3.63, 3.8) is 0 Å². The minimum absolute atomic E-state index is 0.135. The van der Waals surface area contributed by atoms with Gasteiger partial charge in [0.25, 0.3) is 0 Å². The Morgan fingerprint density at radius 2 is 1.72 bits per heavy atom. The monoisotopic (exact) mass is 307 g/mol. The first-order valence-corrected chi connectivity index (χ1v) is 6.61. The van der Waals surface area contributed by atoms with Gasteiger partial charge in [-0.15, -0.1) is 0 Å². The lowest BCUT2D eigenvalue weighted by molar-refractivity contribution is 0.575. The molecule has 2 rings (SSSR count). The minimum Gasteiger partial charge on any atom is -0.309 e. The third kappa shape index (κ3) is 2.47. The molecule has 18 heavy (non-hydrogen) atoms. The van der Waals surface area contributed by atoms with Crippen molar-refractivity contribution >= 4 is 15.9 Å². The molecule has 1 nitrogen and oxygen atoms in total. The number of benzene rings is 2. The summed E-state index contributed by atoms with van der Waals surface area (Å²) in [6.07, 6.45) is 0. The van der Waals surface area contributed by atoms with Crippen LogP contribution in [0.2, 0.25) is 0 Å². The predicted molar refractivity (Wildman–Crippen MR) is 76.2 cm³/mol. The normalized spacial score (nSPS) is 12.4. The molecule has 0 aromatic heterocycles. The molecule has 0 aliphatic carbocycles. The quantitative estimate of drug-likeness (QED) is 0.896. The predicted octanol–water partition coefficient (Wildman–Crippen LogP) is 4.21. The number of halogens is 2. The van der Waals surface area contributed by atoms with E-state index >= 15 is 0 Å². The zero-order valence-corrected chi connectivity index (χ0v) is 12.0. The molecule has 0 aliphatic rings. The molecule has 0 heterocycles. The molecular formula is C15H15BrFN. The van der Waals surface area contributed by atoms with Gasteiger partial charge < -0.3 is 5.32 Å². The lowest BCUT2D eigenvalue weighted by Gasteiger charge is -2.20. The van der Waals surface area contributed by atoms with Gasteiger partial charge in [-0.3, -0.25) is 0 Å². The summed E-state index contributed by atoms with van der Waals surface area (Å²) in [5, 5.41) is 3.18. The van der Waals surface area contributed by atoms with E-state index in [0.717, 1.165) is 15.6 Å². The van der Waals surface area contributed by atoms with Crippen molar-refractivity contribution in [2.45, 2.75) is 13.0 Å².